The lowest BCUT2D eigenvalue weighted by molar-refractivity contribution is -0.162. The van der Waals surface area contributed by atoms with Gasteiger partial charge in [0.1, 0.15) is 17.8 Å². The Balaban J connectivity index is 1.40. The highest BCUT2D eigenvalue weighted by molar-refractivity contribution is 5.99. The van der Waals surface area contributed by atoms with Crippen molar-refractivity contribution in [1.29, 1.82) is 0 Å². The smallest absolute Gasteiger partial charge is 0.321 e. The number of methoxy groups -OCH3 is 1. The molecule has 0 aromatic heterocycles. The maximum atomic E-state index is 13.2. The van der Waals surface area contributed by atoms with E-state index in [1.54, 1.807) is 46.1 Å². The number of anilines is 1. The van der Waals surface area contributed by atoms with Gasteiger partial charge in [0.05, 0.1) is 19.7 Å². The number of rotatable bonds is 4. The van der Waals surface area contributed by atoms with Crippen molar-refractivity contribution in [3.63, 3.8) is 0 Å². The van der Waals surface area contributed by atoms with Gasteiger partial charge in [-0.05, 0) is 32.4 Å². The van der Waals surface area contributed by atoms with Crippen LogP contribution in [-0.4, -0.2) is 96.0 Å². The molecule has 0 saturated carbocycles. The molecule has 1 aromatic rings. The Morgan fingerprint density at radius 2 is 1.82 bits per heavy atom. The van der Waals surface area contributed by atoms with Gasteiger partial charge in [-0.3, -0.25) is 9.59 Å². The van der Waals surface area contributed by atoms with E-state index in [4.69, 9.17) is 4.74 Å². The highest BCUT2D eigenvalue weighted by Gasteiger charge is 2.52. The van der Waals surface area contributed by atoms with Gasteiger partial charge in [0.25, 0.3) is 0 Å². The van der Waals surface area contributed by atoms with Crippen LogP contribution in [0.1, 0.15) is 20.3 Å². The summed E-state index contributed by atoms with van der Waals surface area (Å²) in [6.07, 6.45) is 0.388. The van der Waals surface area contributed by atoms with Gasteiger partial charge >= 0.3 is 12.1 Å². The van der Waals surface area contributed by atoms with Crippen molar-refractivity contribution in [2.24, 2.45) is 0 Å². The summed E-state index contributed by atoms with van der Waals surface area (Å²) < 4.78 is 5.18. The number of nitrogens with zero attached hydrogens (tertiary/aromatic N) is 3. The van der Waals surface area contributed by atoms with E-state index in [-0.39, 0.29) is 55.6 Å². The van der Waals surface area contributed by atoms with E-state index in [1.807, 2.05) is 13.8 Å². The summed E-state index contributed by atoms with van der Waals surface area (Å²) >= 11 is 0. The third-order valence-corrected chi connectivity index (χ3v) is 6.18. The van der Waals surface area contributed by atoms with Gasteiger partial charge in [0.2, 0.25) is 11.8 Å². The van der Waals surface area contributed by atoms with Gasteiger partial charge < -0.3 is 35.4 Å². The molecule has 11 nitrogen and oxygen atoms in total. The van der Waals surface area contributed by atoms with E-state index in [9.17, 15) is 19.2 Å². The van der Waals surface area contributed by atoms with E-state index in [2.05, 4.69) is 16.0 Å². The Hall–Kier alpha value is -3.50. The van der Waals surface area contributed by atoms with Crippen LogP contribution in [0.15, 0.2) is 24.3 Å². The summed E-state index contributed by atoms with van der Waals surface area (Å²) in [5, 5.41) is 8.44. The number of carbonyl (C=O) groups is 4. The van der Waals surface area contributed by atoms with E-state index >= 15 is 0 Å². The van der Waals surface area contributed by atoms with Crippen LogP contribution in [0.5, 0.6) is 5.75 Å². The molecule has 3 N–H and O–H groups in total. The molecular formula is C22H30N6O5. The standard InChI is InChI=1S/C22H30N6O5/c1-13(2)23-21(31)24-15-10-17-19(29)27-8-7-26(12-18(27)20(30)28(17)11-15)22(32)25-14-5-4-6-16(9-14)33-3/h4-6,9,13,15,17-18H,7-8,10-12H2,1-3H3,(H,25,32)(H2,23,24,31)/t15-,17-,18-/m0/s1. The quantitative estimate of drug-likeness (QED) is 0.604. The molecule has 0 unspecified atom stereocenters. The molecule has 0 aliphatic carbocycles. The van der Waals surface area contributed by atoms with Gasteiger partial charge in [-0.2, -0.15) is 0 Å². The highest BCUT2D eigenvalue weighted by atomic mass is 16.5. The zero-order chi connectivity index (χ0) is 23.7. The fourth-order valence-electron chi connectivity index (χ4n) is 4.64. The van der Waals surface area contributed by atoms with Crippen LogP contribution in [0.4, 0.5) is 15.3 Å². The molecule has 3 fully saturated rings. The average Bonchev–Trinajstić information content (AvgIpc) is 3.20. The molecule has 4 rings (SSSR count). The summed E-state index contributed by atoms with van der Waals surface area (Å²) in [7, 11) is 1.55. The zero-order valence-corrected chi connectivity index (χ0v) is 19.0. The van der Waals surface area contributed by atoms with Crippen LogP contribution in [0, 0.1) is 0 Å². The lowest BCUT2D eigenvalue weighted by Gasteiger charge is -2.47. The Labute approximate surface area is 192 Å². The minimum atomic E-state index is -0.721. The number of urea groups is 2. The van der Waals surface area contributed by atoms with Crippen LogP contribution in [0.3, 0.4) is 0 Å². The molecule has 0 bridgehead atoms. The molecule has 3 aliphatic rings. The van der Waals surface area contributed by atoms with Crippen molar-refractivity contribution in [1.82, 2.24) is 25.3 Å². The molecule has 3 atom stereocenters. The predicted octanol–water partition coefficient (Wildman–Crippen LogP) is 0.431. The van der Waals surface area contributed by atoms with Crippen LogP contribution >= 0.6 is 0 Å². The van der Waals surface area contributed by atoms with Gasteiger partial charge in [-0.25, -0.2) is 9.59 Å². The van der Waals surface area contributed by atoms with Crippen LogP contribution < -0.4 is 20.7 Å². The fraction of sp³-hybridized carbons (Fsp3) is 0.545. The molecular weight excluding hydrogens is 428 g/mol. The van der Waals surface area contributed by atoms with Crippen molar-refractivity contribution in [2.45, 2.75) is 44.4 Å². The molecule has 33 heavy (non-hydrogen) atoms. The number of benzene rings is 1. The number of hydrogen-bond donors (Lipinski definition) is 3. The molecule has 3 heterocycles. The van der Waals surface area contributed by atoms with E-state index in [0.717, 1.165) is 0 Å². The largest absolute Gasteiger partial charge is 0.497 e. The number of ether oxygens (including phenoxy) is 1. The maximum Gasteiger partial charge on any atom is 0.321 e. The molecule has 3 saturated heterocycles. The van der Waals surface area contributed by atoms with Crippen LogP contribution in [-0.2, 0) is 9.59 Å². The molecule has 6 amide bonds. The highest BCUT2D eigenvalue weighted by Crippen LogP contribution is 2.29. The minimum Gasteiger partial charge on any atom is -0.497 e. The Morgan fingerprint density at radius 3 is 2.55 bits per heavy atom. The van der Waals surface area contributed by atoms with Gasteiger partial charge in [-0.1, -0.05) is 6.07 Å². The molecule has 3 aliphatic heterocycles. The fourth-order valence-corrected chi connectivity index (χ4v) is 4.64. The van der Waals surface area contributed by atoms with Crippen molar-refractivity contribution in [3.05, 3.63) is 24.3 Å². The third kappa shape index (κ3) is 4.67. The second-order valence-electron chi connectivity index (χ2n) is 8.87. The molecule has 0 radical (unpaired) electrons. The normalized spacial score (nSPS) is 24.4. The summed E-state index contributed by atoms with van der Waals surface area (Å²) in [4.78, 5) is 55.9. The number of amides is 6. The Bertz CT molecular complexity index is 953. The molecule has 1 aromatic carbocycles. The monoisotopic (exact) mass is 458 g/mol. The zero-order valence-electron chi connectivity index (χ0n) is 19.0. The van der Waals surface area contributed by atoms with Crippen molar-refractivity contribution < 1.29 is 23.9 Å². The number of nitrogens with one attached hydrogen (secondary N) is 3. The summed E-state index contributed by atoms with van der Waals surface area (Å²) in [5.41, 5.74) is 0.584. The first kappa shape index (κ1) is 22.7. The summed E-state index contributed by atoms with van der Waals surface area (Å²) in [6.45, 7) is 4.74. The van der Waals surface area contributed by atoms with Crippen molar-refractivity contribution in [3.8, 4) is 5.75 Å². The van der Waals surface area contributed by atoms with E-state index in [0.29, 0.717) is 24.4 Å². The van der Waals surface area contributed by atoms with Crippen LogP contribution in [0.2, 0.25) is 0 Å². The molecule has 0 spiro atoms. The summed E-state index contributed by atoms with van der Waals surface area (Å²) in [5.74, 6) is 0.309. The van der Waals surface area contributed by atoms with Crippen molar-refractivity contribution in [2.75, 3.05) is 38.6 Å². The first-order valence-corrected chi connectivity index (χ1v) is 11.1. The lowest BCUT2D eigenvalue weighted by Crippen LogP contribution is -2.69. The molecule has 11 heteroatoms. The van der Waals surface area contributed by atoms with Crippen molar-refractivity contribution >= 4 is 29.6 Å². The van der Waals surface area contributed by atoms with E-state index < -0.39 is 12.1 Å². The predicted molar refractivity (Wildman–Crippen MR) is 120 cm³/mol. The third-order valence-electron chi connectivity index (χ3n) is 6.18. The Kier molecular flexibility index (Phi) is 6.30. The van der Waals surface area contributed by atoms with E-state index in [1.165, 1.54) is 0 Å². The van der Waals surface area contributed by atoms with Crippen LogP contribution in [0.25, 0.3) is 0 Å². The number of hydrogen-bond acceptors (Lipinski definition) is 5. The first-order valence-electron chi connectivity index (χ1n) is 11.1. The van der Waals surface area contributed by atoms with Gasteiger partial charge in [-0.15, -0.1) is 0 Å². The average molecular weight is 459 g/mol. The SMILES string of the molecule is COc1cccc(NC(=O)N2CCN3C(=O)[C@@H]4C[C@H](NC(=O)NC(C)C)CN4C(=O)[C@@H]3C2)c1. The second-order valence-corrected chi connectivity index (χ2v) is 8.87. The number of fused-ring (bicyclic) bond motifs is 2. The molecule has 178 valence electrons. The lowest BCUT2D eigenvalue weighted by atomic mass is 10.0. The number of piperazine rings is 2. The topological polar surface area (TPSA) is 123 Å². The van der Waals surface area contributed by atoms with Gasteiger partial charge in [0.15, 0.2) is 0 Å². The first-order chi connectivity index (χ1) is 15.8. The maximum absolute atomic E-state index is 13.2. The van der Waals surface area contributed by atoms with Gasteiger partial charge in [0, 0.05) is 37.4 Å². The minimum absolute atomic E-state index is 0.0136. The Morgan fingerprint density at radius 1 is 1.06 bits per heavy atom. The number of carbonyl (C=O) groups excluding carboxylic acids is 4. The summed E-state index contributed by atoms with van der Waals surface area (Å²) in [6, 6.07) is 4.76. The second kappa shape index (κ2) is 9.16.